The lowest BCUT2D eigenvalue weighted by Gasteiger charge is -2.38. The number of ether oxygens (including phenoxy) is 1. The molecule has 4 heteroatoms. The third kappa shape index (κ3) is 5.24. The van der Waals surface area contributed by atoms with Gasteiger partial charge in [-0.2, -0.15) is 0 Å². The van der Waals surface area contributed by atoms with Crippen LogP contribution in [0.25, 0.3) is 0 Å². The highest BCUT2D eigenvalue weighted by Crippen LogP contribution is 2.42. The van der Waals surface area contributed by atoms with Crippen molar-refractivity contribution in [1.82, 2.24) is 0 Å². The first-order chi connectivity index (χ1) is 12.5. The highest BCUT2D eigenvalue weighted by atomic mass is 28.4. The van der Waals surface area contributed by atoms with Crippen molar-refractivity contribution in [3.63, 3.8) is 0 Å². The van der Waals surface area contributed by atoms with Crippen molar-refractivity contribution in [1.29, 1.82) is 0 Å². The van der Waals surface area contributed by atoms with E-state index >= 15 is 0 Å². The normalized spacial score (nSPS) is 19.0. The summed E-state index contributed by atoms with van der Waals surface area (Å²) in [6.07, 6.45) is 2.65. The van der Waals surface area contributed by atoms with Crippen LogP contribution in [-0.2, 0) is 10.8 Å². The number of rotatable bonds is 9. The minimum absolute atomic E-state index is 0.0945. The molecular formula is C23H38O3Si. The second kappa shape index (κ2) is 8.50. The smallest absolute Gasteiger partial charge is 0.192 e. The van der Waals surface area contributed by atoms with Gasteiger partial charge in [0.25, 0.3) is 0 Å². The number of hydrogen-bond acceptors (Lipinski definition) is 3. The Balaban J connectivity index is 1.91. The van der Waals surface area contributed by atoms with E-state index in [2.05, 4.69) is 52.6 Å². The van der Waals surface area contributed by atoms with E-state index in [1.54, 1.807) is 7.11 Å². The van der Waals surface area contributed by atoms with Crippen LogP contribution in [0.2, 0.25) is 18.1 Å². The van der Waals surface area contributed by atoms with E-state index in [-0.39, 0.29) is 11.0 Å². The Kier molecular flexibility index (Phi) is 6.99. The van der Waals surface area contributed by atoms with Crippen LogP contribution in [0.4, 0.5) is 0 Å². The average Bonchev–Trinajstić information content (AvgIpc) is 2.55. The van der Waals surface area contributed by atoms with Gasteiger partial charge < -0.3 is 14.3 Å². The summed E-state index contributed by atoms with van der Waals surface area (Å²) < 4.78 is 11.6. The van der Waals surface area contributed by atoms with Gasteiger partial charge in [-0.15, -0.1) is 0 Å². The molecule has 0 saturated carbocycles. The van der Waals surface area contributed by atoms with Crippen molar-refractivity contribution in [3.05, 3.63) is 41.5 Å². The quantitative estimate of drug-likeness (QED) is 0.435. The Morgan fingerprint density at radius 2 is 2.00 bits per heavy atom. The summed E-state index contributed by atoms with van der Waals surface area (Å²) >= 11 is 0. The zero-order valence-corrected chi connectivity index (χ0v) is 19.3. The summed E-state index contributed by atoms with van der Waals surface area (Å²) in [5, 5.41) is 11.0. The van der Waals surface area contributed by atoms with Crippen molar-refractivity contribution < 1.29 is 14.3 Å². The first-order valence-electron chi connectivity index (χ1n) is 10.1. The molecule has 0 aromatic heterocycles. The molecule has 0 aliphatic heterocycles. The maximum absolute atomic E-state index is 10.8. The van der Waals surface area contributed by atoms with Crippen molar-refractivity contribution in [2.75, 3.05) is 13.7 Å². The summed E-state index contributed by atoms with van der Waals surface area (Å²) in [6, 6.07) is 6.38. The number of aliphatic hydroxyl groups excluding tert-OH is 1. The molecule has 3 atom stereocenters. The van der Waals surface area contributed by atoms with Crippen molar-refractivity contribution >= 4 is 8.32 Å². The molecular weight excluding hydrogens is 352 g/mol. The van der Waals surface area contributed by atoms with Gasteiger partial charge in [0.1, 0.15) is 5.75 Å². The molecule has 2 rings (SSSR count). The lowest BCUT2D eigenvalue weighted by atomic mass is 9.73. The SMILES string of the molecule is C=C(C)[C@H](CCC1Cc2cc(OC)ccc21)[C@@H](O)CO[Si](C)(C)C(C)(C)C. The number of aliphatic hydroxyl groups is 1. The Morgan fingerprint density at radius 1 is 1.33 bits per heavy atom. The minimum Gasteiger partial charge on any atom is -0.497 e. The van der Waals surface area contributed by atoms with Gasteiger partial charge in [0.05, 0.1) is 19.8 Å². The molecule has 0 spiro atoms. The van der Waals surface area contributed by atoms with Crippen LogP contribution < -0.4 is 4.74 Å². The molecule has 0 bridgehead atoms. The third-order valence-electron chi connectivity index (χ3n) is 6.60. The fraction of sp³-hybridized carbons (Fsp3) is 0.652. The average molecular weight is 391 g/mol. The highest BCUT2D eigenvalue weighted by Gasteiger charge is 2.38. The van der Waals surface area contributed by atoms with E-state index in [4.69, 9.17) is 9.16 Å². The monoisotopic (exact) mass is 390 g/mol. The summed E-state index contributed by atoms with van der Waals surface area (Å²) in [4.78, 5) is 0. The molecule has 3 nitrogen and oxygen atoms in total. The number of fused-ring (bicyclic) bond motifs is 1. The molecule has 1 aliphatic carbocycles. The van der Waals surface area contributed by atoms with Gasteiger partial charge >= 0.3 is 0 Å². The Labute approximate surface area is 166 Å². The van der Waals surface area contributed by atoms with Gasteiger partial charge in [0, 0.05) is 5.92 Å². The standard InChI is InChI=1S/C23H38O3Si/c1-16(2)20(22(24)15-26-27(7,8)23(3,4)5)11-9-17-13-18-14-19(25-6)10-12-21(17)18/h10,12,14,17,20,22,24H,1,9,11,13,15H2,2-8H3/t17?,20-,22-/m0/s1. The van der Waals surface area contributed by atoms with E-state index in [0.29, 0.717) is 12.5 Å². The maximum atomic E-state index is 10.8. The fourth-order valence-electron chi connectivity index (χ4n) is 3.56. The molecule has 1 aromatic rings. The van der Waals surface area contributed by atoms with Gasteiger partial charge in [-0.25, -0.2) is 0 Å². The van der Waals surface area contributed by atoms with Gasteiger partial charge in [-0.05, 0) is 73.5 Å². The molecule has 0 radical (unpaired) electrons. The zero-order chi connectivity index (χ0) is 20.4. The summed E-state index contributed by atoms with van der Waals surface area (Å²) in [7, 11) is -0.136. The molecule has 0 fully saturated rings. The second-order valence-corrected chi connectivity index (χ2v) is 14.4. The third-order valence-corrected chi connectivity index (χ3v) is 11.1. The first-order valence-corrected chi connectivity index (χ1v) is 13.0. The highest BCUT2D eigenvalue weighted by molar-refractivity contribution is 6.74. The van der Waals surface area contributed by atoms with Crippen molar-refractivity contribution in [2.45, 2.75) is 77.1 Å². The molecule has 0 amide bonds. The second-order valence-electron chi connectivity index (χ2n) is 9.63. The Morgan fingerprint density at radius 3 is 2.52 bits per heavy atom. The first kappa shape index (κ1) is 22.2. The van der Waals surface area contributed by atoms with E-state index in [1.165, 1.54) is 11.1 Å². The number of hydrogen-bond donors (Lipinski definition) is 1. The summed E-state index contributed by atoms with van der Waals surface area (Å²) in [6.45, 7) is 17.7. The molecule has 27 heavy (non-hydrogen) atoms. The van der Waals surface area contributed by atoms with Crippen LogP contribution in [0, 0.1) is 5.92 Å². The van der Waals surface area contributed by atoms with Crippen molar-refractivity contribution in [3.8, 4) is 5.75 Å². The topological polar surface area (TPSA) is 38.7 Å². The molecule has 152 valence electrons. The van der Waals surface area contributed by atoms with Gasteiger partial charge in [0.2, 0.25) is 0 Å². The number of benzene rings is 1. The largest absolute Gasteiger partial charge is 0.497 e. The molecule has 1 aliphatic rings. The molecule has 1 N–H and O–H groups in total. The predicted octanol–water partition coefficient (Wildman–Crippen LogP) is 5.69. The van der Waals surface area contributed by atoms with Gasteiger partial charge in [0.15, 0.2) is 8.32 Å². The summed E-state index contributed by atoms with van der Waals surface area (Å²) in [5.74, 6) is 1.61. The van der Waals surface area contributed by atoms with Crippen LogP contribution in [0.15, 0.2) is 30.4 Å². The van der Waals surface area contributed by atoms with Crippen LogP contribution in [0.1, 0.15) is 57.6 Å². The lowest BCUT2D eigenvalue weighted by molar-refractivity contribution is 0.0594. The predicted molar refractivity (Wildman–Crippen MR) is 116 cm³/mol. The van der Waals surface area contributed by atoms with Gasteiger partial charge in [-0.1, -0.05) is 39.0 Å². The van der Waals surface area contributed by atoms with E-state index in [9.17, 15) is 5.11 Å². The number of methoxy groups -OCH3 is 1. The maximum Gasteiger partial charge on any atom is 0.192 e. The Bertz CT molecular complexity index is 660. The van der Waals surface area contributed by atoms with Gasteiger partial charge in [-0.3, -0.25) is 0 Å². The fourth-order valence-corrected chi connectivity index (χ4v) is 4.58. The molecule has 0 saturated heterocycles. The van der Waals surface area contributed by atoms with Crippen molar-refractivity contribution in [2.24, 2.45) is 5.92 Å². The summed E-state index contributed by atoms with van der Waals surface area (Å²) in [5.41, 5.74) is 3.88. The van der Waals surface area contributed by atoms with E-state index in [0.717, 1.165) is 30.6 Å². The molecule has 0 heterocycles. The zero-order valence-electron chi connectivity index (χ0n) is 18.3. The molecule has 1 aromatic carbocycles. The minimum atomic E-state index is -1.85. The van der Waals surface area contributed by atoms with E-state index in [1.807, 2.05) is 13.0 Å². The lowest BCUT2D eigenvalue weighted by Crippen LogP contribution is -2.43. The van der Waals surface area contributed by atoms with Crippen LogP contribution >= 0.6 is 0 Å². The van der Waals surface area contributed by atoms with Crippen LogP contribution in [0.3, 0.4) is 0 Å². The Hall–Kier alpha value is -1.10. The van der Waals surface area contributed by atoms with Crippen LogP contribution in [-0.4, -0.2) is 33.2 Å². The molecule has 1 unspecified atom stereocenters. The van der Waals surface area contributed by atoms with Crippen LogP contribution in [0.5, 0.6) is 5.75 Å². The van der Waals surface area contributed by atoms with E-state index < -0.39 is 14.4 Å².